The first-order valence-electron chi connectivity index (χ1n) is 3.98. The monoisotopic (exact) mass is 223 g/mol. The highest BCUT2D eigenvalue weighted by Crippen LogP contribution is 2.29. The Labute approximate surface area is 88.2 Å². The van der Waals surface area contributed by atoms with E-state index in [1.807, 2.05) is 0 Å². The Morgan fingerprint density at radius 3 is 2.40 bits per heavy atom. The van der Waals surface area contributed by atoms with Crippen LogP contribution < -0.4 is 4.90 Å². The minimum atomic E-state index is -1.15. The van der Waals surface area contributed by atoms with Crippen molar-refractivity contribution in [1.82, 2.24) is 0 Å². The number of thiophene rings is 1. The third kappa shape index (κ3) is 1.44. The van der Waals surface area contributed by atoms with E-state index in [0.29, 0.717) is 0 Å². The number of carbonyl (C=O) groups is 3. The van der Waals surface area contributed by atoms with Gasteiger partial charge >= 0.3 is 5.97 Å². The molecule has 1 aliphatic rings. The van der Waals surface area contributed by atoms with Crippen LogP contribution in [-0.4, -0.2) is 22.9 Å². The molecular weight excluding hydrogens is 218 g/mol. The molecule has 0 atom stereocenters. The molecule has 0 aliphatic carbocycles. The number of carbonyl (C=O) groups excluding carboxylic acids is 2. The standard InChI is InChI=1S/C9H5NO4S/c11-6-1-2-7(12)10(6)8-5(9(13)14)3-4-15-8/h1-4H,(H,13,14). The quantitative estimate of drug-likeness (QED) is 0.755. The van der Waals surface area contributed by atoms with Crippen LogP contribution in [0.1, 0.15) is 10.4 Å². The molecule has 2 heterocycles. The molecule has 1 aromatic heterocycles. The Bertz CT molecular complexity index is 470. The zero-order valence-electron chi connectivity index (χ0n) is 7.34. The van der Waals surface area contributed by atoms with Crippen LogP contribution in [0.2, 0.25) is 0 Å². The predicted octanol–water partition coefficient (Wildman–Crippen LogP) is 0.876. The Kier molecular flexibility index (Phi) is 2.12. The topological polar surface area (TPSA) is 74.7 Å². The summed E-state index contributed by atoms with van der Waals surface area (Å²) in [6, 6.07) is 1.36. The van der Waals surface area contributed by atoms with Crippen molar-refractivity contribution in [3.05, 3.63) is 29.2 Å². The van der Waals surface area contributed by atoms with Crippen molar-refractivity contribution in [2.24, 2.45) is 0 Å². The fourth-order valence-electron chi connectivity index (χ4n) is 1.24. The van der Waals surface area contributed by atoms with Gasteiger partial charge in [-0.3, -0.25) is 9.59 Å². The molecule has 5 nitrogen and oxygen atoms in total. The summed E-state index contributed by atoms with van der Waals surface area (Å²) in [6.45, 7) is 0. The number of hydrogen-bond donors (Lipinski definition) is 1. The molecule has 6 heteroatoms. The number of amides is 2. The maximum atomic E-state index is 11.3. The molecule has 0 saturated carbocycles. The van der Waals surface area contributed by atoms with Gasteiger partial charge in [0.05, 0.1) is 5.56 Å². The predicted molar refractivity (Wildman–Crippen MR) is 52.9 cm³/mol. The normalized spacial score (nSPS) is 15.1. The second kappa shape index (κ2) is 3.32. The molecule has 0 radical (unpaired) electrons. The first kappa shape index (κ1) is 9.60. The fourth-order valence-corrected chi connectivity index (χ4v) is 2.14. The maximum absolute atomic E-state index is 11.3. The van der Waals surface area contributed by atoms with E-state index in [1.54, 1.807) is 0 Å². The molecule has 0 aromatic carbocycles. The van der Waals surface area contributed by atoms with Gasteiger partial charge in [0.25, 0.3) is 11.8 Å². The summed E-state index contributed by atoms with van der Waals surface area (Å²) in [5.41, 5.74) is -0.0367. The van der Waals surface area contributed by atoms with Crippen LogP contribution in [0, 0.1) is 0 Å². The van der Waals surface area contributed by atoms with Crippen molar-refractivity contribution < 1.29 is 19.5 Å². The van der Waals surface area contributed by atoms with Gasteiger partial charge in [-0.25, -0.2) is 9.69 Å². The summed E-state index contributed by atoms with van der Waals surface area (Å²) < 4.78 is 0. The second-order valence-electron chi connectivity index (χ2n) is 2.79. The third-order valence-electron chi connectivity index (χ3n) is 1.89. The van der Waals surface area contributed by atoms with E-state index < -0.39 is 17.8 Å². The minimum Gasteiger partial charge on any atom is -0.478 e. The smallest absolute Gasteiger partial charge is 0.338 e. The lowest BCUT2D eigenvalue weighted by molar-refractivity contribution is -0.119. The summed E-state index contributed by atoms with van der Waals surface area (Å²) in [6.07, 6.45) is 2.24. The van der Waals surface area contributed by atoms with E-state index in [2.05, 4.69) is 0 Å². The van der Waals surface area contributed by atoms with Gasteiger partial charge in [-0.05, 0) is 11.4 Å². The van der Waals surface area contributed by atoms with E-state index >= 15 is 0 Å². The number of anilines is 1. The highest BCUT2D eigenvalue weighted by molar-refractivity contribution is 7.15. The molecule has 1 aromatic rings. The molecular formula is C9H5NO4S. The van der Waals surface area contributed by atoms with Crippen LogP contribution in [0.4, 0.5) is 5.00 Å². The summed E-state index contributed by atoms with van der Waals surface area (Å²) in [5.74, 6) is -2.17. The zero-order valence-corrected chi connectivity index (χ0v) is 8.15. The minimum absolute atomic E-state index is 0.0367. The zero-order chi connectivity index (χ0) is 11.0. The molecule has 15 heavy (non-hydrogen) atoms. The maximum Gasteiger partial charge on any atom is 0.338 e. The molecule has 76 valence electrons. The largest absolute Gasteiger partial charge is 0.478 e. The molecule has 0 unspecified atom stereocenters. The van der Waals surface area contributed by atoms with Gasteiger partial charge in [-0.15, -0.1) is 11.3 Å². The number of aromatic carboxylic acids is 1. The van der Waals surface area contributed by atoms with E-state index in [-0.39, 0.29) is 10.6 Å². The van der Waals surface area contributed by atoms with Crippen molar-refractivity contribution >= 4 is 34.1 Å². The van der Waals surface area contributed by atoms with Gasteiger partial charge < -0.3 is 5.11 Å². The van der Waals surface area contributed by atoms with Crippen LogP contribution >= 0.6 is 11.3 Å². The highest BCUT2D eigenvalue weighted by Gasteiger charge is 2.29. The van der Waals surface area contributed by atoms with Crippen molar-refractivity contribution in [3.63, 3.8) is 0 Å². The number of carboxylic acids is 1. The lowest BCUT2D eigenvalue weighted by atomic mass is 10.3. The van der Waals surface area contributed by atoms with Gasteiger partial charge in [-0.2, -0.15) is 0 Å². The number of rotatable bonds is 2. The molecule has 0 spiro atoms. The van der Waals surface area contributed by atoms with Crippen molar-refractivity contribution in [2.75, 3.05) is 4.90 Å². The second-order valence-corrected chi connectivity index (χ2v) is 3.68. The van der Waals surface area contributed by atoms with Crippen LogP contribution in [-0.2, 0) is 9.59 Å². The van der Waals surface area contributed by atoms with Gasteiger partial charge in [-0.1, -0.05) is 0 Å². The molecule has 2 rings (SSSR count). The molecule has 0 fully saturated rings. The number of carboxylic acid groups (broad SMARTS) is 1. The lowest BCUT2D eigenvalue weighted by Gasteiger charge is -2.11. The molecule has 0 saturated heterocycles. The Hall–Kier alpha value is -1.95. The molecule has 1 N–H and O–H groups in total. The van der Waals surface area contributed by atoms with Gasteiger partial charge in [0, 0.05) is 12.2 Å². The molecule has 0 bridgehead atoms. The van der Waals surface area contributed by atoms with Crippen molar-refractivity contribution in [3.8, 4) is 0 Å². The first-order chi connectivity index (χ1) is 7.11. The van der Waals surface area contributed by atoms with Gasteiger partial charge in [0.15, 0.2) is 0 Å². The highest BCUT2D eigenvalue weighted by atomic mass is 32.1. The summed E-state index contributed by atoms with van der Waals surface area (Å²) in [4.78, 5) is 34.2. The van der Waals surface area contributed by atoms with E-state index in [0.717, 1.165) is 28.4 Å². The number of hydrogen-bond acceptors (Lipinski definition) is 4. The Morgan fingerprint density at radius 1 is 1.27 bits per heavy atom. The lowest BCUT2D eigenvalue weighted by Crippen LogP contribution is -2.29. The summed E-state index contributed by atoms with van der Waals surface area (Å²) in [5, 5.41) is 10.5. The number of nitrogens with zero attached hydrogens (tertiary/aromatic N) is 1. The first-order valence-corrected chi connectivity index (χ1v) is 4.86. The SMILES string of the molecule is O=C(O)c1ccsc1N1C(=O)C=CC1=O. The number of imide groups is 1. The Morgan fingerprint density at radius 2 is 1.87 bits per heavy atom. The van der Waals surface area contributed by atoms with Crippen LogP contribution in [0.3, 0.4) is 0 Å². The Balaban J connectivity index is 2.46. The fraction of sp³-hybridized carbons (Fsp3) is 0. The van der Waals surface area contributed by atoms with Gasteiger partial charge in [0.2, 0.25) is 0 Å². The molecule has 1 aliphatic heterocycles. The molecule has 2 amide bonds. The van der Waals surface area contributed by atoms with Crippen LogP contribution in [0.25, 0.3) is 0 Å². The summed E-state index contributed by atoms with van der Waals surface area (Å²) in [7, 11) is 0. The van der Waals surface area contributed by atoms with Gasteiger partial charge in [0.1, 0.15) is 5.00 Å². The van der Waals surface area contributed by atoms with Crippen LogP contribution in [0.15, 0.2) is 23.6 Å². The third-order valence-corrected chi connectivity index (χ3v) is 2.79. The average molecular weight is 223 g/mol. The van der Waals surface area contributed by atoms with Crippen LogP contribution in [0.5, 0.6) is 0 Å². The van der Waals surface area contributed by atoms with Crippen molar-refractivity contribution in [1.29, 1.82) is 0 Å². The average Bonchev–Trinajstić information content (AvgIpc) is 2.73. The van der Waals surface area contributed by atoms with E-state index in [1.165, 1.54) is 11.4 Å². The van der Waals surface area contributed by atoms with E-state index in [9.17, 15) is 14.4 Å². The summed E-state index contributed by atoms with van der Waals surface area (Å²) >= 11 is 1.05. The van der Waals surface area contributed by atoms with Crippen molar-refractivity contribution in [2.45, 2.75) is 0 Å². The van der Waals surface area contributed by atoms with E-state index in [4.69, 9.17) is 5.11 Å².